The van der Waals surface area contributed by atoms with Crippen molar-refractivity contribution < 1.29 is 4.79 Å². The number of fused-ring (bicyclic) bond motifs is 2. The summed E-state index contributed by atoms with van der Waals surface area (Å²) in [5.74, 6) is 1.26. The van der Waals surface area contributed by atoms with Gasteiger partial charge in [0.2, 0.25) is 0 Å². The molecule has 0 amide bonds. The highest BCUT2D eigenvalue weighted by Crippen LogP contribution is 2.50. The maximum absolute atomic E-state index is 13.1. The van der Waals surface area contributed by atoms with Gasteiger partial charge in [-0.15, -0.1) is 0 Å². The Balaban J connectivity index is 1.87. The molecule has 1 fully saturated rings. The molecule has 2 aromatic carbocycles. The van der Waals surface area contributed by atoms with E-state index in [9.17, 15) is 4.79 Å². The van der Waals surface area contributed by atoms with Crippen LogP contribution in [0.4, 0.5) is 0 Å². The predicted octanol–water partition coefficient (Wildman–Crippen LogP) is 5.14. The molecule has 1 saturated carbocycles. The summed E-state index contributed by atoms with van der Waals surface area (Å²) in [7, 11) is 0. The van der Waals surface area contributed by atoms with Crippen LogP contribution in [0.3, 0.4) is 0 Å². The fourth-order valence-corrected chi connectivity index (χ4v) is 4.17. The number of rotatable bonds is 3. The maximum atomic E-state index is 13.1. The normalized spacial score (nSPS) is 23.6. The van der Waals surface area contributed by atoms with Gasteiger partial charge in [0.25, 0.3) is 0 Å². The highest BCUT2D eigenvalue weighted by Gasteiger charge is 2.38. The average Bonchev–Trinajstić information content (AvgIpc) is 2.63. The van der Waals surface area contributed by atoms with Gasteiger partial charge in [-0.3, -0.25) is 4.79 Å². The molecule has 0 aromatic heterocycles. The molecule has 1 nitrogen and oxygen atoms in total. The topological polar surface area (TPSA) is 17.1 Å². The molecule has 1 heteroatoms. The number of hydrogen-bond acceptors (Lipinski definition) is 1. The first kappa shape index (κ1) is 13.5. The fraction of sp³-hybridized carbons (Fsp3) is 0.286. The van der Waals surface area contributed by atoms with Crippen LogP contribution in [0.5, 0.6) is 0 Å². The minimum atomic E-state index is 0.244. The molecule has 110 valence electrons. The van der Waals surface area contributed by atoms with Crippen LogP contribution in [0.2, 0.25) is 0 Å². The van der Waals surface area contributed by atoms with E-state index >= 15 is 0 Å². The molecular formula is C21H20O. The highest BCUT2D eigenvalue weighted by molar-refractivity contribution is 6.14. The summed E-state index contributed by atoms with van der Waals surface area (Å²) in [5, 5.41) is 0. The lowest BCUT2D eigenvalue weighted by molar-refractivity contribution is 0.101. The molecule has 0 unspecified atom stereocenters. The van der Waals surface area contributed by atoms with Crippen LogP contribution in [0.25, 0.3) is 5.57 Å². The second-order valence-electron chi connectivity index (χ2n) is 6.44. The van der Waals surface area contributed by atoms with Crippen molar-refractivity contribution in [1.29, 1.82) is 0 Å². The molecule has 2 aromatic rings. The van der Waals surface area contributed by atoms with Crippen molar-refractivity contribution in [3.05, 3.63) is 77.4 Å². The van der Waals surface area contributed by atoms with Crippen molar-refractivity contribution in [2.75, 3.05) is 0 Å². The molecular weight excluding hydrogens is 268 g/mol. The van der Waals surface area contributed by atoms with Crippen molar-refractivity contribution in [1.82, 2.24) is 0 Å². The fourth-order valence-electron chi connectivity index (χ4n) is 4.17. The van der Waals surface area contributed by atoms with E-state index < -0.39 is 0 Å². The molecule has 0 aliphatic heterocycles. The second kappa shape index (κ2) is 5.57. The van der Waals surface area contributed by atoms with Gasteiger partial charge in [-0.25, -0.2) is 0 Å². The Morgan fingerprint density at radius 3 is 1.91 bits per heavy atom. The van der Waals surface area contributed by atoms with Gasteiger partial charge in [0, 0.05) is 11.1 Å². The van der Waals surface area contributed by atoms with E-state index in [0.29, 0.717) is 11.8 Å². The van der Waals surface area contributed by atoms with Crippen LogP contribution >= 0.6 is 0 Å². The molecule has 22 heavy (non-hydrogen) atoms. The first-order valence-corrected chi connectivity index (χ1v) is 8.24. The lowest BCUT2D eigenvalue weighted by atomic mass is 9.64. The van der Waals surface area contributed by atoms with Gasteiger partial charge in [-0.1, -0.05) is 60.7 Å². The molecule has 3 aliphatic carbocycles. The number of benzene rings is 2. The molecule has 0 radical (unpaired) electrons. The molecule has 0 saturated heterocycles. The summed E-state index contributed by atoms with van der Waals surface area (Å²) in [6.07, 6.45) is 4.82. The third-order valence-corrected chi connectivity index (χ3v) is 5.20. The van der Waals surface area contributed by atoms with Gasteiger partial charge < -0.3 is 0 Å². The number of carbonyl (C=O) groups excluding carboxylic acids is 1. The van der Waals surface area contributed by atoms with Crippen LogP contribution < -0.4 is 0 Å². The van der Waals surface area contributed by atoms with E-state index in [1.165, 1.54) is 36.8 Å². The molecule has 3 aliphatic rings. The number of carbonyl (C=O) groups is 1. The summed E-state index contributed by atoms with van der Waals surface area (Å²) in [4.78, 5) is 13.1. The minimum absolute atomic E-state index is 0.244. The van der Waals surface area contributed by atoms with E-state index in [1.54, 1.807) is 0 Å². The van der Waals surface area contributed by atoms with Crippen molar-refractivity contribution in [3.63, 3.8) is 0 Å². The summed E-state index contributed by atoms with van der Waals surface area (Å²) in [5.41, 5.74) is 4.51. The molecule has 0 spiro atoms. The zero-order valence-electron chi connectivity index (χ0n) is 12.7. The van der Waals surface area contributed by atoms with E-state index in [2.05, 4.69) is 24.3 Å². The first-order chi connectivity index (χ1) is 10.8. The summed E-state index contributed by atoms with van der Waals surface area (Å²) in [6.45, 7) is 0. The minimum Gasteiger partial charge on any atom is -0.289 e. The van der Waals surface area contributed by atoms with E-state index in [4.69, 9.17) is 0 Å². The SMILES string of the molecule is O=C(C1=C(c2ccccc2)C2CCC1CC2)c1ccccc1. The van der Waals surface area contributed by atoms with E-state index in [0.717, 1.165) is 11.1 Å². The van der Waals surface area contributed by atoms with Crippen molar-refractivity contribution >= 4 is 11.4 Å². The third-order valence-electron chi connectivity index (χ3n) is 5.20. The Morgan fingerprint density at radius 1 is 0.727 bits per heavy atom. The Bertz CT molecular complexity index is 704. The van der Waals surface area contributed by atoms with E-state index in [-0.39, 0.29) is 5.78 Å². The Morgan fingerprint density at radius 2 is 1.27 bits per heavy atom. The van der Waals surface area contributed by atoms with Crippen molar-refractivity contribution in [3.8, 4) is 0 Å². The second-order valence-corrected chi connectivity index (χ2v) is 6.44. The van der Waals surface area contributed by atoms with Crippen molar-refractivity contribution in [2.24, 2.45) is 11.8 Å². The lowest BCUT2D eigenvalue weighted by Gasteiger charge is -2.40. The summed E-state index contributed by atoms with van der Waals surface area (Å²) in [6, 6.07) is 20.3. The van der Waals surface area contributed by atoms with Crippen LogP contribution in [0.1, 0.15) is 41.6 Å². The third kappa shape index (κ3) is 2.21. The molecule has 0 N–H and O–H groups in total. The van der Waals surface area contributed by atoms with Crippen LogP contribution in [-0.2, 0) is 0 Å². The number of allylic oxidation sites excluding steroid dienone is 2. The van der Waals surface area contributed by atoms with Gasteiger partial charge in [0.05, 0.1) is 0 Å². The Labute approximate surface area is 131 Å². The lowest BCUT2D eigenvalue weighted by Crippen LogP contribution is -2.29. The molecule has 0 atom stereocenters. The molecule has 5 rings (SSSR count). The average molecular weight is 288 g/mol. The standard InChI is InChI=1S/C21H20O/c22-21(18-9-5-2-6-10-18)20-17-13-11-16(12-14-17)19(20)15-7-3-1-4-8-15/h1-10,16-17H,11-14H2. The highest BCUT2D eigenvalue weighted by atomic mass is 16.1. The Hall–Kier alpha value is -2.15. The first-order valence-electron chi connectivity index (χ1n) is 8.24. The van der Waals surface area contributed by atoms with Gasteiger partial charge in [-0.05, 0) is 48.7 Å². The molecule has 0 heterocycles. The summed E-state index contributed by atoms with van der Waals surface area (Å²) < 4.78 is 0. The monoisotopic (exact) mass is 288 g/mol. The summed E-state index contributed by atoms with van der Waals surface area (Å²) >= 11 is 0. The smallest absolute Gasteiger partial charge is 0.189 e. The zero-order chi connectivity index (χ0) is 14.9. The number of hydrogen-bond donors (Lipinski definition) is 0. The van der Waals surface area contributed by atoms with E-state index in [1.807, 2.05) is 36.4 Å². The van der Waals surface area contributed by atoms with Crippen LogP contribution in [0, 0.1) is 11.8 Å². The molecule has 2 bridgehead atoms. The van der Waals surface area contributed by atoms with Gasteiger partial charge in [-0.2, -0.15) is 0 Å². The van der Waals surface area contributed by atoms with Gasteiger partial charge >= 0.3 is 0 Å². The van der Waals surface area contributed by atoms with Crippen LogP contribution in [0.15, 0.2) is 66.2 Å². The van der Waals surface area contributed by atoms with Gasteiger partial charge in [0.15, 0.2) is 5.78 Å². The number of Topliss-reactive ketones (excluding diaryl/α,β-unsaturated/α-hetero) is 1. The van der Waals surface area contributed by atoms with Crippen LogP contribution in [-0.4, -0.2) is 5.78 Å². The Kier molecular flexibility index (Phi) is 3.42. The largest absolute Gasteiger partial charge is 0.289 e. The van der Waals surface area contributed by atoms with Crippen molar-refractivity contribution in [2.45, 2.75) is 25.7 Å². The maximum Gasteiger partial charge on any atom is 0.189 e. The predicted molar refractivity (Wildman–Crippen MR) is 89.6 cm³/mol. The quantitative estimate of drug-likeness (QED) is 0.714. The zero-order valence-corrected chi connectivity index (χ0v) is 12.7. The number of ketones is 1. The van der Waals surface area contributed by atoms with Gasteiger partial charge in [0.1, 0.15) is 0 Å².